The van der Waals surface area contributed by atoms with Crippen LogP contribution in [0, 0.1) is 11.3 Å². The quantitative estimate of drug-likeness (QED) is 0.730. The Morgan fingerprint density at radius 1 is 1.36 bits per heavy atom. The highest BCUT2D eigenvalue weighted by molar-refractivity contribution is 5.01. The minimum atomic E-state index is -0.696. The molecule has 0 radical (unpaired) electrons. The molecule has 82 valence electrons. The van der Waals surface area contributed by atoms with Crippen molar-refractivity contribution in [3.8, 4) is 6.07 Å². The Balaban J connectivity index is 4.11. The van der Waals surface area contributed by atoms with E-state index < -0.39 is 5.54 Å². The average molecular weight is 197 g/mol. The van der Waals surface area contributed by atoms with Crippen molar-refractivity contribution >= 4 is 0 Å². The van der Waals surface area contributed by atoms with Gasteiger partial charge in [0.1, 0.15) is 5.54 Å². The van der Waals surface area contributed by atoms with Gasteiger partial charge in [0, 0.05) is 12.1 Å². The van der Waals surface area contributed by atoms with Gasteiger partial charge in [-0.1, -0.05) is 6.92 Å². The van der Waals surface area contributed by atoms with Gasteiger partial charge in [-0.15, -0.1) is 0 Å². The van der Waals surface area contributed by atoms with Crippen molar-refractivity contribution in [3.05, 3.63) is 0 Å². The highest BCUT2D eigenvalue weighted by atomic mass is 15.2. The van der Waals surface area contributed by atoms with Gasteiger partial charge in [-0.25, -0.2) is 0 Å². The van der Waals surface area contributed by atoms with Crippen LogP contribution in [0.4, 0.5) is 0 Å². The van der Waals surface area contributed by atoms with Gasteiger partial charge in [0.15, 0.2) is 0 Å². The summed E-state index contributed by atoms with van der Waals surface area (Å²) in [5.74, 6) is 0. The predicted molar refractivity (Wildman–Crippen MR) is 59.8 cm³/mol. The largest absolute Gasteiger partial charge is 0.314 e. The fourth-order valence-corrected chi connectivity index (χ4v) is 1.03. The zero-order valence-corrected chi connectivity index (χ0v) is 10.1. The number of nitrogens with zero attached hydrogens (tertiary/aromatic N) is 2. The lowest BCUT2D eigenvalue weighted by Gasteiger charge is -2.35. The molecule has 2 N–H and O–H groups in total. The van der Waals surface area contributed by atoms with Crippen LogP contribution in [0.2, 0.25) is 0 Å². The first-order valence-electron chi connectivity index (χ1n) is 5.16. The summed E-state index contributed by atoms with van der Waals surface area (Å²) in [6.45, 7) is 9.21. The Kier molecular flexibility index (Phi) is 4.57. The molecule has 0 rings (SSSR count). The molecule has 14 heavy (non-hydrogen) atoms. The molecule has 0 fully saturated rings. The van der Waals surface area contributed by atoms with Crippen molar-refractivity contribution in [2.24, 2.45) is 5.73 Å². The Labute approximate surface area is 87.9 Å². The fraction of sp³-hybridized carbons (Fsp3) is 0.909. The molecule has 0 bridgehead atoms. The van der Waals surface area contributed by atoms with E-state index in [0.717, 1.165) is 13.0 Å². The number of hydrogen-bond donors (Lipinski definition) is 1. The standard InChI is InChI=1S/C11H23N3/c1-6-10(2,3)14(5)8-7-11(4,13)9-12/h6-8,13H2,1-5H3. The third-order valence-electron chi connectivity index (χ3n) is 3.12. The second-order valence-electron chi connectivity index (χ2n) is 4.87. The van der Waals surface area contributed by atoms with Gasteiger partial charge >= 0.3 is 0 Å². The van der Waals surface area contributed by atoms with E-state index in [1.165, 1.54) is 0 Å². The summed E-state index contributed by atoms with van der Waals surface area (Å²) in [4.78, 5) is 2.26. The van der Waals surface area contributed by atoms with Crippen molar-refractivity contribution in [2.75, 3.05) is 13.6 Å². The van der Waals surface area contributed by atoms with E-state index in [1.54, 1.807) is 6.92 Å². The van der Waals surface area contributed by atoms with E-state index in [4.69, 9.17) is 11.0 Å². The molecule has 3 heteroatoms. The minimum Gasteiger partial charge on any atom is -0.314 e. The molecule has 0 heterocycles. The van der Waals surface area contributed by atoms with Crippen molar-refractivity contribution < 1.29 is 0 Å². The van der Waals surface area contributed by atoms with Crippen LogP contribution >= 0.6 is 0 Å². The molecule has 0 amide bonds. The molecular weight excluding hydrogens is 174 g/mol. The summed E-state index contributed by atoms with van der Waals surface area (Å²) >= 11 is 0. The number of nitriles is 1. The monoisotopic (exact) mass is 197 g/mol. The normalized spacial score (nSPS) is 16.4. The molecule has 0 aliphatic rings. The molecular formula is C11H23N3. The van der Waals surface area contributed by atoms with Crippen LogP contribution in [0.3, 0.4) is 0 Å². The topological polar surface area (TPSA) is 53.0 Å². The first-order valence-corrected chi connectivity index (χ1v) is 5.16. The molecule has 0 aromatic rings. The Morgan fingerprint density at radius 3 is 2.21 bits per heavy atom. The van der Waals surface area contributed by atoms with Crippen molar-refractivity contribution in [1.82, 2.24) is 4.90 Å². The van der Waals surface area contributed by atoms with Crippen molar-refractivity contribution in [2.45, 2.75) is 51.6 Å². The van der Waals surface area contributed by atoms with E-state index >= 15 is 0 Å². The maximum Gasteiger partial charge on any atom is 0.102 e. The Hall–Kier alpha value is -0.590. The molecule has 0 saturated carbocycles. The SMILES string of the molecule is CCC(C)(C)N(C)CCC(C)(N)C#N. The minimum absolute atomic E-state index is 0.186. The van der Waals surface area contributed by atoms with E-state index in [0.29, 0.717) is 6.42 Å². The summed E-state index contributed by atoms with van der Waals surface area (Å²) in [6.07, 6.45) is 1.81. The Bertz CT molecular complexity index is 213. The molecule has 0 saturated heterocycles. The molecule has 3 nitrogen and oxygen atoms in total. The van der Waals surface area contributed by atoms with Crippen LogP contribution in [0.25, 0.3) is 0 Å². The third-order valence-corrected chi connectivity index (χ3v) is 3.12. The number of rotatable bonds is 5. The first kappa shape index (κ1) is 13.4. The highest BCUT2D eigenvalue weighted by Gasteiger charge is 2.24. The fourth-order valence-electron chi connectivity index (χ4n) is 1.03. The zero-order valence-electron chi connectivity index (χ0n) is 10.1. The molecule has 1 unspecified atom stereocenters. The molecule has 0 aliphatic heterocycles. The smallest absolute Gasteiger partial charge is 0.102 e. The van der Waals surface area contributed by atoms with Crippen LogP contribution in [0.1, 0.15) is 40.5 Å². The van der Waals surface area contributed by atoms with Crippen LogP contribution in [-0.2, 0) is 0 Å². The van der Waals surface area contributed by atoms with E-state index in [9.17, 15) is 0 Å². The number of nitrogens with two attached hydrogens (primary N) is 1. The van der Waals surface area contributed by atoms with Gasteiger partial charge in [0.2, 0.25) is 0 Å². The Morgan fingerprint density at radius 2 is 1.86 bits per heavy atom. The van der Waals surface area contributed by atoms with E-state index in [-0.39, 0.29) is 5.54 Å². The second-order valence-corrected chi connectivity index (χ2v) is 4.87. The zero-order chi connectivity index (χ0) is 11.4. The van der Waals surface area contributed by atoms with Gasteiger partial charge in [-0.3, -0.25) is 0 Å². The van der Waals surface area contributed by atoms with Gasteiger partial charge in [-0.2, -0.15) is 5.26 Å². The average Bonchev–Trinajstić information content (AvgIpc) is 2.14. The van der Waals surface area contributed by atoms with Crippen LogP contribution in [0.5, 0.6) is 0 Å². The summed E-state index contributed by atoms with van der Waals surface area (Å²) in [6, 6.07) is 2.12. The second kappa shape index (κ2) is 4.77. The lowest BCUT2D eigenvalue weighted by Crippen LogP contribution is -2.45. The van der Waals surface area contributed by atoms with Gasteiger partial charge in [0.05, 0.1) is 6.07 Å². The van der Waals surface area contributed by atoms with Crippen molar-refractivity contribution in [1.29, 1.82) is 5.26 Å². The van der Waals surface area contributed by atoms with Crippen LogP contribution in [-0.4, -0.2) is 29.6 Å². The summed E-state index contributed by atoms with van der Waals surface area (Å²) < 4.78 is 0. The number of hydrogen-bond acceptors (Lipinski definition) is 3. The van der Waals surface area contributed by atoms with Crippen LogP contribution in [0.15, 0.2) is 0 Å². The maximum atomic E-state index is 8.77. The first-order chi connectivity index (χ1) is 6.25. The lowest BCUT2D eigenvalue weighted by atomic mass is 9.96. The van der Waals surface area contributed by atoms with Crippen LogP contribution < -0.4 is 5.73 Å². The van der Waals surface area contributed by atoms with Crippen molar-refractivity contribution in [3.63, 3.8) is 0 Å². The molecule has 0 spiro atoms. The van der Waals surface area contributed by atoms with E-state index in [1.807, 2.05) is 0 Å². The lowest BCUT2D eigenvalue weighted by molar-refractivity contribution is 0.143. The molecule has 0 aromatic heterocycles. The highest BCUT2D eigenvalue weighted by Crippen LogP contribution is 2.17. The molecule has 1 atom stereocenters. The summed E-state index contributed by atoms with van der Waals surface area (Å²) in [7, 11) is 2.08. The molecule has 0 aromatic carbocycles. The summed E-state index contributed by atoms with van der Waals surface area (Å²) in [5, 5.41) is 8.77. The van der Waals surface area contributed by atoms with Gasteiger partial charge in [-0.05, 0) is 40.7 Å². The van der Waals surface area contributed by atoms with Gasteiger partial charge < -0.3 is 10.6 Å². The maximum absolute atomic E-state index is 8.77. The summed E-state index contributed by atoms with van der Waals surface area (Å²) in [5.41, 5.74) is 5.25. The predicted octanol–water partition coefficient (Wildman–Crippen LogP) is 1.74. The van der Waals surface area contributed by atoms with E-state index in [2.05, 4.69) is 38.8 Å². The molecule has 0 aliphatic carbocycles. The van der Waals surface area contributed by atoms with Gasteiger partial charge in [0.25, 0.3) is 0 Å². The third kappa shape index (κ3) is 4.08.